The minimum absolute atomic E-state index is 0.00247. The molecule has 0 radical (unpaired) electrons. The third-order valence-electron chi connectivity index (χ3n) is 3.35. The molecule has 120 valence electrons. The Balaban J connectivity index is 2.28. The largest absolute Gasteiger partial charge is 0.487 e. The molecule has 2 N–H and O–H groups in total. The van der Waals surface area contributed by atoms with Gasteiger partial charge >= 0.3 is 0 Å². The highest BCUT2D eigenvalue weighted by molar-refractivity contribution is 6.05. The number of ether oxygens (including phenoxy) is 1. The van der Waals surface area contributed by atoms with Crippen molar-refractivity contribution in [1.29, 1.82) is 0 Å². The third-order valence-corrected chi connectivity index (χ3v) is 3.35. The first kappa shape index (κ1) is 16.4. The van der Waals surface area contributed by atoms with E-state index >= 15 is 0 Å². The van der Waals surface area contributed by atoms with Crippen LogP contribution in [0.15, 0.2) is 17.2 Å². The molecule has 0 fully saturated rings. The topological polar surface area (TPSA) is 70.9 Å². The summed E-state index contributed by atoms with van der Waals surface area (Å²) in [6, 6.07) is 3.12. The van der Waals surface area contributed by atoms with Crippen LogP contribution in [-0.4, -0.2) is 28.9 Å². The first-order chi connectivity index (χ1) is 10.2. The number of benzene rings is 1. The SMILES string of the molecule is Cc1cc(C2=NNC(=O)CC2C)cc(F)c1OCC(C)(C)O. The highest BCUT2D eigenvalue weighted by Gasteiger charge is 2.24. The number of carbonyl (C=O) groups is 1. The van der Waals surface area contributed by atoms with Crippen LogP contribution in [0.2, 0.25) is 0 Å². The maximum atomic E-state index is 14.3. The molecule has 1 atom stereocenters. The van der Waals surface area contributed by atoms with Gasteiger partial charge in [0.25, 0.3) is 0 Å². The van der Waals surface area contributed by atoms with Crippen molar-refractivity contribution >= 4 is 11.6 Å². The number of carbonyl (C=O) groups excluding carboxylic acids is 1. The molecule has 22 heavy (non-hydrogen) atoms. The van der Waals surface area contributed by atoms with E-state index in [0.717, 1.165) is 0 Å². The molecule has 1 aromatic carbocycles. The van der Waals surface area contributed by atoms with E-state index in [-0.39, 0.29) is 24.2 Å². The second kappa shape index (κ2) is 6.04. The van der Waals surface area contributed by atoms with Crippen molar-refractivity contribution in [3.05, 3.63) is 29.1 Å². The number of hydrogen-bond donors (Lipinski definition) is 2. The monoisotopic (exact) mass is 308 g/mol. The molecule has 1 amide bonds. The molecule has 1 aliphatic heterocycles. The fourth-order valence-electron chi connectivity index (χ4n) is 2.31. The fourth-order valence-corrected chi connectivity index (χ4v) is 2.31. The van der Waals surface area contributed by atoms with Gasteiger partial charge in [0.1, 0.15) is 6.61 Å². The zero-order valence-electron chi connectivity index (χ0n) is 13.2. The lowest BCUT2D eigenvalue weighted by Gasteiger charge is -2.22. The van der Waals surface area contributed by atoms with Crippen LogP contribution in [0.4, 0.5) is 4.39 Å². The van der Waals surface area contributed by atoms with E-state index in [9.17, 15) is 14.3 Å². The van der Waals surface area contributed by atoms with Crippen LogP contribution < -0.4 is 10.2 Å². The van der Waals surface area contributed by atoms with Crippen molar-refractivity contribution in [3.63, 3.8) is 0 Å². The van der Waals surface area contributed by atoms with Gasteiger partial charge in [0.2, 0.25) is 5.91 Å². The summed E-state index contributed by atoms with van der Waals surface area (Å²) in [6.07, 6.45) is 0.330. The van der Waals surface area contributed by atoms with E-state index in [4.69, 9.17) is 4.74 Å². The van der Waals surface area contributed by atoms with E-state index in [0.29, 0.717) is 23.3 Å². The number of amides is 1. The molecule has 0 saturated heterocycles. The summed E-state index contributed by atoms with van der Waals surface area (Å²) >= 11 is 0. The van der Waals surface area contributed by atoms with Crippen LogP contribution in [0.3, 0.4) is 0 Å². The summed E-state index contributed by atoms with van der Waals surface area (Å²) in [5.41, 5.74) is 3.27. The van der Waals surface area contributed by atoms with Gasteiger partial charge in [-0.25, -0.2) is 9.82 Å². The fraction of sp³-hybridized carbons (Fsp3) is 0.500. The molecule has 0 bridgehead atoms. The van der Waals surface area contributed by atoms with Crippen molar-refractivity contribution < 1.29 is 19.0 Å². The van der Waals surface area contributed by atoms with Crippen LogP contribution in [0.5, 0.6) is 5.75 Å². The Bertz CT molecular complexity index is 597. The van der Waals surface area contributed by atoms with E-state index in [1.165, 1.54) is 6.07 Å². The number of nitrogens with one attached hydrogen (secondary N) is 1. The maximum Gasteiger partial charge on any atom is 0.240 e. The van der Waals surface area contributed by atoms with E-state index in [2.05, 4.69) is 10.5 Å². The highest BCUT2D eigenvalue weighted by atomic mass is 19.1. The van der Waals surface area contributed by atoms with E-state index in [1.807, 2.05) is 6.92 Å². The second-order valence-electron chi connectivity index (χ2n) is 6.34. The van der Waals surface area contributed by atoms with Crippen molar-refractivity contribution in [3.8, 4) is 5.75 Å². The lowest BCUT2D eigenvalue weighted by atomic mass is 9.93. The number of nitrogens with zero attached hydrogens (tertiary/aromatic N) is 1. The Morgan fingerprint density at radius 2 is 2.18 bits per heavy atom. The minimum Gasteiger partial charge on any atom is -0.487 e. The van der Waals surface area contributed by atoms with Crippen molar-refractivity contribution in [1.82, 2.24) is 5.43 Å². The molecule has 1 aliphatic rings. The van der Waals surface area contributed by atoms with Gasteiger partial charge in [0.15, 0.2) is 11.6 Å². The molecule has 0 aliphatic carbocycles. The summed E-state index contributed by atoms with van der Waals surface area (Å²) in [5, 5.41) is 13.7. The Labute approximate surface area is 129 Å². The van der Waals surface area contributed by atoms with Crippen molar-refractivity contribution in [2.24, 2.45) is 11.0 Å². The first-order valence-electron chi connectivity index (χ1n) is 7.19. The molecule has 6 heteroatoms. The first-order valence-corrected chi connectivity index (χ1v) is 7.19. The van der Waals surface area contributed by atoms with E-state index < -0.39 is 11.4 Å². The van der Waals surface area contributed by atoms with Gasteiger partial charge < -0.3 is 9.84 Å². The van der Waals surface area contributed by atoms with Crippen LogP contribution in [0.25, 0.3) is 0 Å². The molecule has 1 aromatic rings. The number of rotatable bonds is 4. The van der Waals surface area contributed by atoms with Gasteiger partial charge in [0.05, 0.1) is 11.3 Å². The molecule has 0 aromatic heterocycles. The summed E-state index contributed by atoms with van der Waals surface area (Å²) in [7, 11) is 0. The smallest absolute Gasteiger partial charge is 0.240 e. The Kier molecular flexibility index (Phi) is 4.51. The van der Waals surface area contributed by atoms with Gasteiger partial charge in [-0.15, -0.1) is 0 Å². The lowest BCUT2D eigenvalue weighted by Crippen LogP contribution is -2.32. The Morgan fingerprint density at radius 3 is 2.73 bits per heavy atom. The third kappa shape index (κ3) is 3.82. The number of aliphatic hydroxyl groups is 1. The predicted octanol–water partition coefficient (Wildman–Crippen LogP) is 2.14. The standard InChI is InChI=1S/C16H21FN2O3/c1-9-6-13(20)18-19-14(9)11-5-10(2)15(12(17)7-11)22-8-16(3,4)21/h5,7,9,21H,6,8H2,1-4H3,(H,18,20). The molecule has 0 saturated carbocycles. The molecular formula is C16H21FN2O3. The normalized spacial score (nSPS) is 18.7. The number of halogens is 1. The predicted molar refractivity (Wildman–Crippen MR) is 81.4 cm³/mol. The molecule has 0 spiro atoms. The molecule has 1 unspecified atom stereocenters. The maximum absolute atomic E-state index is 14.3. The van der Waals surface area contributed by atoms with Crippen LogP contribution in [0.1, 0.15) is 38.3 Å². The van der Waals surface area contributed by atoms with Crippen LogP contribution >= 0.6 is 0 Å². The van der Waals surface area contributed by atoms with Crippen molar-refractivity contribution in [2.45, 2.75) is 39.7 Å². The molecular weight excluding hydrogens is 287 g/mol. The highest BCUT2D eigenvalue weighted by Crippen LogP contribution is 2.27. The van der Waals surface area contributed by atoms with Gasteiger partial charge in [-0.3, -0.25) is 4.79 Å². The average Bonchev–Trinajstić information content (AvgIpc) is 2.36. The minimum atomic E-state index is -1.04. The summed E-state index contributed by atoms with van der Waals surface area (Å²) < 4.78 is 19.7. The lowest BCUT2D eigenvalue weighted by molar-refractivity contribution is -0.121. The summed E-state index contributed by atoms with van der Waals surface area (Å²) in [6.45, 7) is 6.80. The van der Waals surface area contributed by atoms with Gasteiger partial charge in [-0.2, -0.15) is 5.10 Å². The zero-order chi connectivity index (χ0) is 16.5. The van der Waals surface area contributed by atoms with E-state index in [1.54, 1.807) is 26.8 Å². The van der Waals surface area contributed by atoms with Crippen LogP contribution in [-0.2, 0) is 4.79 Å². The molecule has 2 rings (SSSR count). The number of hydrazone groups is 1. The van der Waals surface area contributed by atoms with Crippen molar-refractivity contribution in [2.75, 3.05) is 6.61 Å². The number of aryl methyl sites for hydroxylation is 1. The Hall–Kier alpha value is -1.95. The average molecular weight is 308 g/mol. The van der Waals surface area contributed by atoms with Gasteiger partial charge in [0, 0.05) is 17.9 Å². The van der Waals surface area contributed by atoms with Gasteiger partial charge in [-0.05, 0) is 38.5 Å². The quantitative estimate of drug-likeness (QED) is 0.895. The summed E-state index contributed by atoms with van der Waals surface area (Å²) in [4.78, 5) is 11.3. The molecule has 5 nitrogen and oxygen atoms in total. The van der Waals surface area contributed by atoms with Gasteiger partial charge in [-0.1, -0.05) is 6.92 Å². The second-order valence-corrected chi connectivity index (χ2v) is 6.34. The summed E-state index contributed by atoms with van der Waals surface area (Å²) in [5.74, 6) is -0.598. The number of hydrogen-bond acceptors (Lipinski definition) is 4. The Morgan fingerprint density at radius 1 is 1.50 bits per heavy atom. The molecule has 1 heterocycles. The van der Waals surface area contributed by atoms with Crippen LogP contribution in [0, 0.1) is 18.7 Å². The zero-order valence-corrected chi connectivity index (χ0v) is 13.2.